The zero-order chi connectivity index (χ0) is 18.2. The summed E-state index contributed by atoms with van der Waals surface area (Å²) in [5.41, 5.74) is 3.68. The molecule has 0 aliphatic heterocycles. The Balaban J connectivity index is 0.00000243. The van der Waals surface area contributed by atoms with Crippen molar-refractivity contribution in [1.29, 1.82) is 0 Å². The highest BCUT2D eigenvalue weighted by atomic mass is 35.5. The molecule has 2 aromatic carbocycles. The smallest absolute Gasteiger partial charge is 0.381 e. The normalized spacial score (nSPS) is 19.4. The lowest BCUT2D eigenvalue weighted by molar-refractivity contribution is -0.156. The van der Waals surface area contributed by atoms with E-state index in [1.54, 1.807) is 12.1 Å². The summed E-state index contributed by atoms with van der Waals surface area (Å²) in [5.74, 6) is 0. The van der Waals surface area contributed by atoms with Gasteiger partial charge in [-0.1, -0.05) is 50.2 Å². The zero-order valence-electron chi connectivity index (χ0n) is 15.0. The third-order valence-electron chi connectivity index (χ3n) is 5.21. The SMILES string of the molecule is CN[C@@H](c1ccc(NC2Cc3ccccc3C2(C)C)cc1)C(F)(F)F.Cl. The van der Waals surface area contributed by atoms with Crippen molar-refractivity contribution in [1.82, 2.24) is 5.32 Å². The summed E-state index contributed by atoms with van der Waals surface area (Å²) in [6.07, 6.45) is -3.40. The average molecular weight is 385 g/mol. The van der Waals surface area contributed by atoms with Crippen LogP contribution in [0.1, 0.15) is 36.6 Å². The van der Waals surface area contributed by atoms with Gasteiger partial charge in [0.15, 0.2) is 0 Å². The zero-order valence-corrected chi connectivity index (χ0v) is 15.8. The van der Waals surface area contributed by atoms with Crippen molar-refractivity contribution >= 4 is 18.1 Å². The van der Waals surface area contributed by atoms with Crippen LogP contribution in [-0.2, 0) is 11.8 Å². The Kier molecular flexibility index (Phi) is 5.93. The van der Waals surface area contributed by atoms with E-state index < -0.39 is 12.2 Å². The quantitative estimate of drug-likeness (QED) is 0.752. The largest absolute Gasteiger partial charge is 0.407 e. The molecule has 2 nitrogen and oxygen atoms in total. The molecule has 142 valence electrons. The van der Waals surface area contributed by atoms with Crippen LogP contribution in [0.15, 0.2) is 48.5 Å². The minimum atomic E-state index is -4.31. The van der Waals surface area contributed by atoms with E-state index in [4.69, 9.17) is 0 Å². The van der Waals surface area contributed by atoms with E-state index >= 15 is 0 Å². The van der Waals surface area contributed by atoms with Crippen LogP contribution in [-0.4, -0.2) is 19.3 Å². The molecule has 2 atom stereocenters. The fourth-order valence-electron chi connectivity index (χ4n) is 3.71. The number of fused-ring (bicyclic) bond motifs is 1. The molecule has 0 amide bonds. The Bertz CT molecular complexity index is 741. The first-order valence-electron chi connectivity index (χ1n) is 8.42. The van der Waals surface area contributed by atoms with E-state index in [9.17, 15) is 13.2 Å². The maximum Gasteiger partial charge on any atom is 0.407 e. The molecule has 1 unspecified atom stereocenters. The molecule has 2 aromatic rings. The number of hydrogen-bond acceptors (Lipinski definition) is 2. The molecule has 3 rings (SSSR count). The van der Waals surface area contributed by atoms with Gasteiger partial charge >= 0.3 is 6.18 Å². The van der Waals surface area contributed by atoms with Crippen LogP contribution in [0.4, 0.5) is 18.9 Å². The van der Waals surface area contributed by atoms with Gasteiger partial charge in [0, 0.05) is 17.1 Å². The second-order valence-corrected chi connectivity index (χ2v) is 7.17. The molecular formula is C20H24ClF3N2. The van der Waals surface area contributed by atoms with E-state index in [1.807, 2.05) is 12.1 Å². The number of hydrogen-bond donors (Lipinski definition) is 2. The molecule has 0 saturated heterocycles. The van der Waals surface area contributed by atoms with Crippen LogP contribution in [0.2, 0.25) is 0 Å². The summed E-state index contributed by atoms with van der Waals surface area (Å²) in [6.45, 7) is 4.40. The summed E-state index contributed by atoms with van der Waals surface area (Å²) >= 11 is 0. The summed E-state index contributed by atoms with van der Waals surface area (Å²) in [7, 11) is 1.32. The Morgan fingerprint density at radius 2 is 1.65 bits per heavy atom. The van der Waals surface area contributed by atoms with Crippen LogP contribution >= 0.6 is 12.4 Å². The Labute approximate surface area is 158 Å². The monoisotopic (exact) mass is 384 g/mol. The second kappa shape index (κ2) is 7.49. The number of alkyl halides is 3. The van der Waals surface area contributed by atoms with Crippen molar-refractivity contribution in [3.8, 4) is 0 Å². The highest BCUT2D eigenvalue weighted by Gasteiger charge is 2.40. The van der Waals surface area contributed by atoms with E-state index in [2.05, 4.69) is 36.6 Å². The maximum atomic E-state index is 13.0. The lowest BCUT2D eigenvalue weighted by Gasteiger charge is -2.30. The predicted molar refractivity (Wildman–Crippen MR) is 102 cm³/mol. The summed E-state index contributed by atoms with van der Waals surface area (Å²) < 4.78 is 39.0. The van der Waals surface area contributed by atoms with Crippen LogP contribution in [0.25, 0.3) is 0 Å². The molecule has 0 radical (unpaired) electrons. The molecule has 0 aromatic heterocycles. The maximum absolute atomic E-state index is 13.0. The van der Waals surface area contributed by atoms with Gasteiger partial charge in [-0.2, -0.15) is 13.2 Å². The first-order valence-corrected chi connectivity index (χ1v) is 8.42. The number of rotatable bonds is 4. The van der Waals surface area contributed by atoms with Gasteiger partial charge in [-0.05, 0) is 42.3 Å². The molecule has 26 heavy (non-hydrogen) atoms. The summed E-state index contributed by atoms with van der Waals surface area (Å²) in [5, 5.41) is 5.83. The summed E-state index contributed by atoms with van der Waals surface area (Å²) in [6, 6.07) is 13.5. The molecule has 0 bridgehead atoms. The van der Waals surface area contributed by atoms with Gasteiger partial charge < -0.3 is 10.6 Å². The molecular weight excluding hydrogens is 361 g/mol. The van der Waals surface area contributed by atoms with E-state index in [-0.39, 0.29) is 29.4 Å². The van der Waals surface area contributed by atoms with Gasteiger partial charge in [0.25, 0.3) is 0 Å². The predicted octanol–water partition coefficient (Wildman–Crippen LogP) is 5.25. The van der Waals surface area contributed by atoms with Crippen molar-refractivity contribution in [3.05, 3.63) is 65.2 Å². The molecule has 0 saturated carbocycles. The van der Waals surface area contributed by atoms with Gasteiger partial charge in [0.05, 0.1) is 0 Å². The second-order valence-electron chi connectivity index (χ2n) is 7.17. The first kappa shape index (κ1) is 20.6. The topological polar surface area (TPSA) is 24.1 Å². The van der Waals surface area contributed by atoms with Crippen LogP contribution < -0.4 is 10.6 Å². The van der Waals surface area contributed by atoms with Gasteiger partial charge in [0.1, 0.15) is 6.04 Å². The number of anilines is 1. The molecule has 1 aliphatic carbocycles. The molecule has 0 spiro atoms. The van der Waals surface area contributed by atoms with Crippen LogP contribution in [0, 0.1) is 0 Å². The van der Waals surface area contributed by atoms with Crippen LogP contribution in [0.5, 0.6) is 0 Å². The van der Waals surface area contributed by atoms with Crippen molar-refractivity contribution in [3.63, 3.8) is 0 Å². The lowest BCUT2D eigenvalue weighted by Crippen LogP contribution is -2.36. The number of benzene rings is 2. The highest BCUT2D eigenvalue weighted by molar-refractivity contribution is 5.85. The van der Waals surface area contributed by atoms with Crippen LogP contribution in [0.3, 0.4) is 0 Å². The Morgan fingerprint density at radius 3 is 2.19 bits per heavy atom. The van der Waals surface area contributed by atoms with E-state index in [0.717, 1.165) is 12.1 Å². The lowest BCUT2D eigenvalue weighted by atomic mass is 9.83. The minimum Gasteiger partial charge on any atom is -0.381 e. The number of halogens is 4. The minimum absolute atomic E-state index is 0. The van der Waals surface area contributed by atoms with Crippen molar-refractivity contribution in [2.45, 2.75) is 43.9 Å². The highest BCUT2D eigenvalue weighted by Crippen LogP contribution is 2.40. The van der Waals surface area contributed by atoms with Crippen molar-refractivity contribution < 1.29 is 13.2 Å². The fraction of sp³-hybridized carbons (Fsp3) is 0.400. The van der Waals surface area contributed by atoms with Gasteiger partial charge in [0.2, 0.25) is 0 Å². The Morgan fingerprint density at radius 1 is 1.04 bits per heavy atom. The number of nitrogens with one attached hydrogen (secondary N) is 2. The molecule has 0 fully saturated rings. The fourth-order valence-corrected chi connectivity index (χ4v) is 3.71. The molecule has 1 aliphatic rings. The van der Waals surface area contributed by atoms with E-state index in [0.29, 0.717) is 0 Å². The summed E-state index contributed by atoms with van der Waals surface area (Å²) in [4.78, 5) is 0. The average Bonchev–Trinajstić information content (AvgIpc) is 2.80. The molecule has 6 heteroatoms. The standard InChI is InChI=1S/C20H23F3N2.ClH/c1-19(2)16-7-5-4-6-14(16)12-17(19)25-15-10-8-13(9-11-15)18(24-3)20(21,22)23;/h4-11,17-18,24-25H,12H2,1-3H3;1H/t17?,18-;/m0./s1. The molecule has 0 heterocycles. The third kappa shape index (κ3) is 3.84. The van der Waals surface area contributed by atoms with Gasteiger partial charge in [-0.15, -0.1) is 12.4 Å². The van der Waals surface area contributed by atoms with Crippen molar-refractivity contribution in [2.24, 2.45) is 0 Å². The van der Waals surface area contributed by atoms with Gasteiger partial charge in [-0.25, -0.2) is 0 Å². The third-order valence-corrected chi connectivity index (χ3v) is 5.21. The van der Waals surface area contributed by atoms with Crippen molar-refractivity contribution in [2.75, 3.05) is 12.4 Å². The van der Waals surface area contributed by atoms with E-state index in [1.165, 1.54) is 30.3 Å². The Hall–Kier alpha value is -1.72. The molecule has 2 N–H and O–H groups in total. The van der Waals surface area contributed by atoms with Gasteiger partial charge in [-0.3, -0.25) is 0 Å². The first-order chi connectivity index (χ1) is 11.7.